The maximum atomic E-state index is 10.3. The molecule has 0 rings (SSSR count). The summed E-state index contributed by atoms with van der Waals surface area (Å²) in [7, 11) is 0. The van der Waals surface area contributed by atoms with Gasteiger partial charge in [-0.1, -0.05) is 0 Å². The van der Waals surface area contributed by atoms with E-state index in [1.54, 1.807) is 0 Å². The van der Waals surface area contributed by atoms with Gasteiger partial charge in [0.25, 0.3) is 0 Å². The molecule has 0 saturated carbocycles. The van der Waals surface area contributed by atoms with Crippen LogP contribution >= 0.6 is 12.6 Å². The van der Waals surface area contributed by atoms with Gasteiger partial charge in [-0.05, 0) is 0 Å². The second kappa shape index (κ2) is 23.6. The summed E-state index contributed by atoms with van der Waals surface area (Å²) in [6.45, 7) is 6.82. The number of rotatable bonds is 23. The molecule has 0 aromatic rings. The van der Waals surface area contributed by atoms with Crippen molar-refractivity contribution in [2.75, 3.05) is 98.2 Å². The van der Waals surface area contributed by atoms with E-state index >= 15 is 0 Å². The van der Waals surface area contributed by atoms with Gasteiger partial charge in [-0.25, -0.2) is 0 Å². The van der Waals surface area contributed by atoms with E-state index in [2.05, 4.69) is 12.6 Å². The molecule has 0 bridgehead atoms. The Morgan fingerprint density at radius 3 is 1.04 bits per heavy atom. The Balaban J connectivity index is 2.98. The lowest BCUT2D eigenvalue weighted by Gasteiger charge is -2.08. The van der Waals surface area contributed by atoms with Crippen molar-refractivity contribution in [3.63, 3.8) is 0 Å². The van der Waals surface area contributed by atoms with Crippen molar-refractivity contribution in [3.05, 3.63) is 0 Å². The first kappa shape index (κ1) is 26.5. The summed E-state index contributed by atoms with van der Waals surface area (Å²) in [5, 5.41) is 8.42. The molecule has 0 fully saturated rings. The molecule has 27 heavy (non-hydrogen) atoms. The van der Waals surface area contributed by atoms with Crippen LogP contribution in [-0.4, -0.2) is 109 Å². The third kappa shape index (κ3) is 25.5. The predicted octanol–water partition coefficient (Wildman–Crippen LogP) is 0.507. The van der Waals surface area contributed by atoms with Crippen LogP contribution in [0.3, 0.4) is 0 Å². The molecule has 0 unspecified atom stereocenters. The molecular formula is C17H34O9S. The molecule has 0 aliphatic rings. The van der Waals surface area contributed by atoms with E-state index in [9.17, 15) is 4.79 Å². The van der Waals surface area contributed by atoms with E-state index in [-0.39, 0.29) is 13.0 Å². The van der Waals surface area contributed by atoms with Crippen molar-refractivity contribution in [3.8, 4) is 0 Å². The Labute approximate surface area is 166 Å². The van der Waals surface area contributed by atoms with Crippen molar-refractivity contribution >= 4 is 18.6 Å². The van der Waals surface area contributed by atoms with Gasteiger partial charge >= 0.3 is 5.97 Å². The van der Waals surface area contributed by atoms with Crippen molar-refractivity contribution in [2.45, 2.75) is 6.42 Å². The maximum absolute atomic E-state index is 10.3. The summed E-state index contributed by atoms with van der Waals surface area (Å²) in [4.78, 5) is 10.3. The molecule has 0 aliphatic carbocycles. The molecule has 0 radical (unpaired) electrons. The summed E-state index contributed by atoms with van der Waals surface area (Å²) in [6.07, 6.45) is 0.00828. The van der Waals surface area contributed by atoms with Crippen LogP contribution < -0.4 is 0 Å². The molecule has 0 aromatic carbocycles. The van der Waals surface area contributed by atoms with Crippen LogP contribution in [0.15, 0.2) is 0 Å². The van der Waals surface area contributed by atoms with Crippen molar-refractivity contribution in [2.24, 2.45) is 0 Å². The van der Waals surface area contributed by atoms with Crippen LogP contribution in [0.1, 0.15) is 6.42 Å². The number of carboxylic acid groups (broad SMARTS) is 1. The summed E-state index contributed by atoms with van der Waals surface area (Å²) in [5.74, 6) is -0.150. The minimum absolute atomic E-state index is 0.00828. The smallest absolute Gasteiger partial charge is 0.305 e. The van der Waals surface area contributed by atoms with Crippen LogP contribution in [0.25, 0.3) is 0 Å². The molecule has 162 valence electrons. The fourth-order valence-electron chi connectivity index (χ4n) is 1.65. The van der Waals surface area contributed by atoms with E-state index in [0.717, 1.165) is 5.75 Å². The highest BCUT2D eigenvalue weighted by molar-refractivity contribution is 7.80. The number of hydrogen-bond acceptors (Lipinski definition) is 9. The van der Waals surface area contributed by atoms with E-state index in [1.807, 2.05) is 0 Å². The monoisotopic (exact) mass is 414 g/mol. The van der Waals surface area contributed by atoms with Crippen molar-refractivity contribution < 1.29 is 43.1 Å². The number of aliphatic carboxylic acids is 1. The Hall–Kier alpha value is -0.460. The van der Waals surface area contributed by atoms with Crippen LogP contribution in [0.2, 0.25) is 0 Å². The summed E-state index contributed by atoms with van der Waals surface area (Å²) in [6, 6.07) is 0. The average Bonchev–Trinajstić information content (AvgIpc) is 2.65. The van der Waals surface area contributed by atoms with Gasteiger partial charge in [0, 0.05) is 5.75 Å². The first-order valence-corrected chi connectivity index (χ1v) is 9.77. The van der Waals surface area contributed by atoms with Crippen molar-refractivity contribution in [1.82, 2.24) is 0 Å². The number of thiol groups is 1. The third-order valence-corrected chi connectivity index (χ3v) is 3.11. The summed E-state index contributed by atoms with van der Waals surface area (Å²) >= 11 is 4.04. The number of hydrogen-bond donors (Lipinski definition) is 2. The van der Waals surface area contributed by atoms with Crippen LogP contribution in [0.4, 0.5) is 0 Å². The SMILES string of the molecule is O=C(O)CCOCCOCCOCCOCCOCCOCCOCCS. The fourth-order valence-corrected chi connectivity index (χ4v) is 1.77. The van der Waals surface area contributed by atoms with Crippen LogP contribution in [0.5, 0.6) is 0 Å². The lowest BCUT2D eigenvalue weighted by Crippen LogP contribution is -2.14. The molecule has 9 nitrogen and oxygen atoms in total. The molecule has 0 heterocycles. The highest BCUT2D eigenvalue weighted by atomic mass is 32.1. The third-order valence-electron chi connectivity index (χ3n) is 2.93. The molecule has 0 aliphatic heterocycles. The zero-order chi connectivity index (χ0) is 19.8. The Morgan fingerprint density at radius 1 is 0.519 bits per heavy atom. The summed E-state index contributed by atoms with van der Waals surface area (Å²) in [5.41, 5.74) is 0. The molecular weight excluding hydrogens is 380 g/mol. The maximum Gasteiger partial charge on any atom is 0.305 e. The van der Waals surface area contributed by atoms with Gasteiger partial charge in [0.2, 0.25) is 0 Å². The molecule has 0 spiro atoms. The van der Waals surface area contributed by atoms with Crippen molar-refractivity contribution in [1.29, 1.82) is 0 Å². The van der Waals surface area contributed by atoms with Gasteiger partial charge in [-0.2, -0.15) is 12.6 Å². The Bertz CT molecular complexity index is 308. The van der Waals surface area contributed by atoms with Gasteiger partial charge in [-0.15, -0.1) is 0 Å². The predicted molar refractivity (Wildman–Crippen MR) is 102 cm³/mol. The summed E-state index contributed by atoms with van der Waals surface area (Å²) < 4.78 is 37.0. The first-order chi connectivity index (χ1) is 13.3. The number of carbonyl (C=O) groups is 1. The van der Waals surface area contributed by atoms with E-state index in [1.165, 1.54) is 0 Å². The molecule has 0 atom stereocenters. The number of carboxylic acids is 1. The average molecular weight is 415 g/mol. The normalized spacial score (nSPS) is 11.1. The second-order valence-electron chi connectivity index (χ2n) is 5.15. The lowest BCUT2D eigenvalue weighted by molar-refractivity contribution is -0.138. The topological polar surface area (TPSA) is 102 Å². The van der Waals surface area contributed by atoms with E-state index in [4.69, 9.17) is 38.3 Å². The molecule has 0 aromatic heterocycles. The highest BCUT2D eigenvalue weighted by Crippen LogP contribution is 1.86. The fraction of sp³-hybridized carbons (Fsp3) is 0.941. The van der Waals surface area contributed by atoms with Crippen LogP contribution in [0, 0.1) is 0 Å². The van der Waals surface area contributed by atoms with Gasteiger partial charge in [0.1, 0.15) is 0 Å². The van der Waals surface area contributed by atoms with E-state index < -0.39 is 5.97 Å². The first-order valence-electron chi connectivity index (χ1n) is 9.14. The quantitative estimate of drug-likeness (QED) is 0.183. The Morgan fingerprint density at radius 2 is 0.778 bits per heavy atom. The van der Waals surface area contributed by atoms with Gasteiger partial charge in [-0.3, -0.25) is 4.79 Å². The minimum Gasteiger partial charge on any atom is -0.481 e. The lowest BCUT2D eigenvalue weighted by atomic mass is 10.5. The molecule has 1 N–H and O–H groups in total. The van der Waals surface area contributed by atoms with Gasteiger partial charge < -0.3 is 38.3 Å². The zero-order valence-electron chi connectivity index (χ0n) is 16.0. The zero-order valence-corrected chi connectivity index (χ0v) is 16.9. The number of ether oxygens (including phenoxy) is 7. The van der Waals surface area contributed by atoms with Gasteiger partial charge in [0.15, 0.2) is 0 Å². The second-order valence-corrected chi connectivity index (χ2v) is 5.60. The molecule has 10 heteroatoms. The Kier molecular flexibility index (Phi) is 23.2. The van der Waals surface area contributed by atoms with Crippen LogP contribution in [-0.2, 0) is 38.0 Å². The molecule has 0 saturated heterocycles. The molecule has 0 amide bonds. The largest absolute Gasteiger partial charge is 0.481 e. The van der Waals surface area contributed by atoms with E-state index in [0.29, 0.717) is 85.9 Å². The minimum atomic E-state index is -0.867. The standard InChI is InChI=1S/C17H34O9S/c18-17(19)1-2-20-3-4-21-5-6-22-7-8-23-9-10-24-11-12-25-13-14-26-15-16-27/h27H,1-16H2,(H,18,19). The highest BCUT2D eigenvalue weighted by Gasteiger charge is 1.96. The van der Waals surface area contributed by atoms with Gasteiger partial charge in [0.05, 0.1) is 98.9 Å².